The van der Waals surface area contributed by atoms with Crippen molar-refractivity contribution in [2.45, 2.75) is 6.92 Å². The fourth-order valence-corrected chi connectivity index (χ4v) is 1.80. The zero-order valence-corrected chi connectivity index (χ0v) is 10.6. The van der Waals surface area contributed by atoms with Crippen LogP contribution >= 0.6 is 0 Å². The van der Waals surface area contributed by atoms with Gasteiger partial charge in [0.05, 0.1) is 0 Å². The molecule has 3 aromatic rings. The SMILES string of the molecule is Cc1ccncc1-c1noc(-c2ccc(O)c(O)c2)n1. The Labute approximate surface area is 114 Å². The molecular formula is C14H11N3O3. The highest BCUT2D eigenvalue weighted by Crippen LogP contribution is 2.30. The lowest BCUT2D eigenvalue weighted by Gasteiger charge is -1.99. The Balaban J connectivity index is 2.02. The number of aryl methyl sites for hydroxylation is 1. The molecule has 0 aliphatic rings. The highest BCUT2D eigenvalue weighted by atomic mass is 16.5. The summed E-state index contributed by atoms with van der Waals surface area (Å²) in [5, 5.41) is 22.7. The lowest BCUT2D eigenvalue weighted by atomic mass is 10.1. The Bertz CT molecular complexity index is 768. The fraction of sp³-hybridized carbons (Fsp3) is 0.0714. The largest absolute Gasteiger partial charge is 0.504 e. The Hall–Kier alpha value is -2.89. The average Bonchev–Trinajstić information content (AvgIpc) is 2.92. The van der Waals surface area contributed by atoms with E-state index in [-0.39, 0.29) is 17.4 Å². The Kier molecular flexibility index (Phi) is 2.83. The molecule has 3 rings (SSSR count). The van der Waals surface area contributed by atoms with Crippen LogP contribution in [0.4, 0.5) is 0 Å². The van der Waals surface area contributed by atoms with Gasteiger partial charge in [-0.2, -0.15) is 4.98 Å². The van der Waals surface area contributed by atoms with Gasteiger partial charge in [0.15, 0.2) is 11.5 Å². The summed E-state index contributed by atoms with van der Waals surface area (Å²) < 4.78 is 5.17. The molecular weight excluding hydrogens is 258 g/mol. The van der Waals surface area contributed by atoms with Crippen LogP contribution < -0.4 is 0 Å². The summed E-state index contributed by atoms with van der Waals surface area (Å²) >= 11 is 0. The maximum absolute atomic E-state index is 9.48. The van der Waals surface area contributed by atoms with E-state index >= 15 is 0 Å². The second-order valence-corrected chi connectivity index (χ2v) is 4.32. The smallest absolute Gasteiger partial charge is 0.258 e. The molecule has 0 saturated heterocycles. The van der Waals surface area contributed by atoms with Crippen LogP contribution in [0.15, 0.2) is 41.2 Å². The van der Waals surface area contributed by atoms with Crippen LogP contribution in [0.5, 0.6) is 11.5 Å². The second kappa shape index (κ2) is 4.65. The number of benzene rings is 1. The van der Waals surface area contributed by atoms with Crippen LogP contribution in [0.25, 0.3) is 22.8 Å². The third-order valence-corrected chi connectivity index (χ3v) is 2.93. The van der Waals surface area contributed by atoms with E-state index in [1.807, 2.05) is 13.0 Å². The molecule has 2 aromatic heterocycles. The topological polar surface area (TPSA) is 92.3 Å². The molecule has 2 N–H and O–H groups in total. The Morgan fingerprint density at radius 1 is 1.10 bits per heavy atom. The van der Waals surface area contributed by atoms with Crippen molar-refractivity contribution in [2.75, 3.05) is 0 Å². The van der Waals surface area contributed by atoms with Crippen molar-refractivity contribution in [2.24, 2.45) is 0 Å². The quantitative estimate of drug-likeness (QED) is 0.694. The van der Waals surface area contributed by atoms with E-state index in [0.717, 1.165) is 11.1 Å². The first-order chi connectivity index (χ1) is 9.65. The maximum atomic E-state index is 9.48. The van der Waals surface area contributed by atoms with Gasteiger partial charge in [0.25, 0.3) is 5.89 Å². The van der Waals surface area contributed by atoms with Crippen molar-refractivity contribution in [3.05, 3.63) is 42.2 Å². The normalized spacial score (nSPS) is 10.7. The van der Waals surface area contributed by atoms with E-state index in [9.17, 15) is 10.2 Å². The van der Waals surface area contributed by atoms with Crippen LogP contribution in [0.3, 0.4) is 0 Å². The number of rotatable bonds is 2. The van der Waals surface area contributed by atoms with Crippen LogP contribution in [-0.2, 0) is 0 Å². The maximum Gasteiger partial charge on any atom is 0.258 e. The van der Waals surface area contributed by atoms with Gasteiger partial charge in [0.1, 0.15) is 0 Å². The van der Waals surface area contributed by atoms with E-state index in [0.29, 0.717) is 11.4 Å². The molecule has 6 heteroatoms. The van der Waals surface area contributed by atoms with Crippen LogP contribution in [0.1, 0.15) is 5.56 Å². The molecule has 0 unspecified atom stereocenters. The van der Waals surface area contributed by atoms with Crippen LogP contribution in [0.2, 0.25) is 0 Å². The number of phenolic OH excluding ortho intramolecular Hbond substituents is 2. The Morgan fingerprint density at radius 2 is 1.95 bits per heavy atom. The van der Waals surface area contributed by atoms with Gasteiger partial charge in [-0.15, -0.1) is 0 Å². The average molecular weight is 269 g/mol. The first-order valence-electron chi connectivity index (χ1n) is 5.92. The molecule has 0 saturated carbocycles. The third-order valence-electron chi connectivity index (χ3n) is 2.93. The summed E-state index contributed by atoms with van der Waals surface area (Å²) in [5.74, 6) is 0.258. The van der Waals surface area contributed by atoms with E-state index in [1.54, 1.807) is 18.5 Å². The first-order valence-corrected chi connectivity index (χ1v) is 5.92. The van der Waals surface area contributed by atoms with Crippen molar-refractivity contribution in [1.29, 1.82) is 0 Å². The zero-order chi connectivity index (χ0) is 14.1. The number of aromatic hydroxyl groups is 2. The van der Waals surface area contributed by atoms with Gasteiger partial charge in [0.2, 0.25) is 5.82 Å². The summed E-state index contributed by atoms with van der Waals surface area (Å²) in [6, 6.07) is 6.17. The van der Waals surface area contributed by atoms with E-state index in [4.69, 9.17) is 4.52 Å². The minimum Gasteiger partial charge on any atom is -0.504 e. The molecule has 0 amide bonds. The second-order valence-electron chi connectivity index (χ2n) is 4.32. The first kappa shape index (κ1) is 12.2. The number of nitrogens with zero attached hydrogens (tertiary/aromatic N) is 3. The standard InChI is InChI=1S/C14H11N3O3/c1-8-4-5-15-7-10(8)13-16-14(20-17-13)9-2-3-11(18)12(19)6-9/h2-7,18-19H,1H3. The number of hydrogen-bond donors (Lipinski definition) is 2. The number of aromatic nitrogens is 3. The highest BCUT2D eigenvalue weighted by Gasteiger charge is 2.13. The Morgan fingerprint density at radius 3 is 2.70 bits per heavy atom. The predicted molar refractivity (Wildman–Crippen MR) is 71.0 cm³/mol. The third kappa shape index (κ3) is 2.07. The van der Waals surface area contributed by atoms with Gasteiger partial charge in [-0.3, -0.25) is 4.98 Å². The van der Waals surface area contributed by atoms with Gasteiger partial charge in [-0.25, -0.2) is 0 Å². The summed E-state index contributed by atoms with van der Waals surface area (Å²) in [5.41, 5.74) is 2.30. The van der Waals surface area contributed by atoms with Crippen molar-refractivity contribution in [3.8, 4) is 34.3 Å². The molecule has 100 valence electrons. The summed E-state index contributed by atoms with van der Waals surface area (Å²) in [6.45, 7) is 1.93. The summed E-state index contributed by atoms with van der Waals surface area (Å²) in [6.07, 6.45) is 3.36. The van der Waals surface area contributed by atoms with Gasteiger partial charge >= 0.3 is 0 Å². The molecule has 0 radical (unpaired) electrons. The van der Waals surface area contributed by atoms with Crippen molar-refractivity contribution < 1.29 is 14.7 Å². The number of hydrogen-bond acceptors (Lipinski definition) is 6. The number of pyridine rings is 1. The monoisotopic (exact) mass is 269 g/mol. The van der Waals surface area contributed by atoms with Crippen molar-refractivity contribution in [3.63, 3.8) is 0 Å². The fourth-order valence-electron chi connectivity index (χ4n) is 1.80. The molecule has 0 bridgehead atoms. The molecule has 1 aromatic carbocycles. The highest BCUT2D eigenvalue weighted by molar-refractivity contribution is 5.63. The minimum atomic E-state index is -0.236. The lowest BCUT2D eigenvalue weighted by molar-refractivity contribution is 0.402. The molecule has 2 heterocycles. The lowest BCUT2D eigenvalue weighted by Crippen LogP contribution is -1.86. The van der Waals surface area contributed by atoms with E-state index < -0.39 is 0 Å². The summed E-state index contributed by atoms with van der Waals surface area (Å²) in [7, 11) is 0. The summed E-state index contributed by atoms with van der Waals surface area (Å²) in [4.78, 5) is 8.31. The zero-order valence-electron chi connectivity index (χ0n) is 10.6. The van der Waals surface area contributed by atoms with Crippen LogP contribution in [-0.4, -0.2) is 25.3 Å². The molecule has 6 nitrogen and oxygen atoms in total. The molecule has 0 atom stereocenters. The molecule has 20 heavy (non-hydrogen) atoms. The molecule has 0 aliphatic heterocycles. The minimum absolute atomic E-state index is 0.198. The molecule has 0 spiro atoms. The van der Waals surface area contributed by atoms with Gasteiger partial charge in [-0.05, 0) is 36.8 Å². The van der Waals surface area contributed by atoms with Crippen molar-refractivity contribution >= 4 is 0 Å². The molecule has 0 aliphatic carbocycles. The van der Waals surface area contributed by atoms with Gasteiger partial charge < -0.3 is 14.7 Å². The van der Waals surface area contributed by atoms with Gasteiger partial charge in [-0.1, -0.05) is 5.16 Å². The predicted octanol–water partition coefficient (Wildman–Crippen LogP) is 2.52. The molecule has 0 fully saturated rings. The van der Waals surface area contributed by atoms with E-state index in [1.165, 1.54) is 12.1 Å². The van der Waals surface area contributed by atoms with Crippen molar-refractivity contribution in [1.82, 2.24) is 15.1 Å². The van der Waals surface area contributed by atoms with Gasteiger partial charge in [0, 0.05) is 23.5 Å². The number of phenols is 2. The van der Waals surface area contributed by atoms with Crippen LogP contribution in [0, 0.1) is 6.92 Å². The van der Waals surface area contributed by atoms with E-state index in [2.05, 4.69) is 15.1 Å².